The molecule has 0 heterocycles. The van der Waals surface area contributed by atoms with Crippen LogP contribution in [0.1, 0.15) is 37.3 Å². The Balaban J connectivity index is 2.02. The molecule has 1 aliphatic rings. The van der Waals surface area contributed by atoms with Gasteiger partial charge >= 0.3 is 5.97 Å². The number of carboxylic acid groups (broad SMARTS) is 1. The molecule has 1 amide bonds. The Morgan fingerprint density at radius 3 is 2.42 bits per heavy atom. The molecular formula is C14H18N2O3. The normalized spacial score (nSPS) is 18.2. The lowest BCUT2D eigenvalue weighted by Gasteiger charge is -2.42. The molecule has 102 valence electrons. The van der Waals surface area contributed by atoms with E-state index in [9.17, 15) is 9.59 Å². The molecule has 4 N–H and O–H groups in total. The minimum absolute atomic E-state index is 0.0414. The van der Waals surface area contributed by atoms with Crippen molar-refractivity contribution < 1.29 is 14.7 Å². The fourth-order valence-corrected chi connectivity index (χ4v) is 2.39. The highest BCUT2D eigenvalue weighted by Crippen LogP contribution is 2.35. The van der Waals surface area contributed by atoms with Gasteiger partial charge in [-0.1, -0.05) is 30.3 Å². The number of aliphatic carboxylic acids is 1. The first-order valence-electron chi connectivity index (χ1n) is 6.37. The Bertz CT molecular complexity index is 469. The standard InChI is InChI=1S/C14H18N2O3/c15-12(10-5-2-1-3-6-10)13(19)16-14(7-4-8-14)9-11(17)18/h1-3,5-6,12H,4,7-9,15H2,(H,16,19)(H,17,18). The van der Waals surface area contributed by atoms with E-state index in [1.807, 2.05) is 18.2 Å². The van der Waals surface area contributed by atoms with Crippen molar-refractivity contribution >= 4 is 11.9 Å². The van der Waals surface area contributed by atoms with Crippen LogP contribution >= 0.6 is 0 Å². The van der Waals surface area contributed by atoms with Gasteiger partial charge in [0, 0.05) is 0 Å². The minimum atomic E-state index is -0.895. The molecule has 0 radical (unpaired) electrons. The zero-order chi connectivity index (χ0) is 13.9. The lowest BCUT2D eigenvalue weighted by Crippen LogP contribution is -2.56. The third-order valence-electron chi connectivity index (χ3n) is 3.63. The van der Waals surface area contributed by atoms with Crippen LogP contribution in [0.15, 0.2) is 30.3 Å². The average molecular weight is 262 g/mol. The van der Waals surface area contributed by atoms with E-state index in [0.717, 1.165) is 12.0 Å². The summed E-state index contributed by atoms with van der Waals surface area (Å²) in [6.07, 6.45) is 2.30. The number of benzene rings is 1. The molecule has 0 bridgehead atoms. The van der Waals surface area contributed by atoms with Crippen molar-refractivity contribution in [3.8, 4) is 0 Å². The summed E-state index contributed by atoms with van der Waals surface area (Å²) in [6.45, 7) is 0. The maximum absolute atomic E-state index is 12.1. The summed E-state index contributed by atoms with van der Waals surface area (Å²) < 4.78 is 0. The highest BCUT2D eigenvalue weighted by molar-refractivity contribution is 5.84. The Hall–Kier alpha value is -1.88. The van der Waals surface area contributed by atoms with Crippen molar-refractivity contribution in [2.45, 2.75) is 37.3 Å². The first-order chi connectivity index (χ1) is 9.02. The molecule has 0 aromatic heterocycles. The van der Waals surface area contributed by atoms with E-state index in [1.165, 1.54) is 0 Å². The second-order valence-corrected chi connectivity index (χ2v) is 5.08. The Morgan fingerprint density at radius 2 is 1.95 bits per heavy atom. The van der Waals surface area contributed by atoms with E-state index in [2.05, 4.69) is 5.32 Å². The molecule has 2 rings (SSSR count). The summed E-state index contributed by atoms with van der Waals surface area (Å²) in [5, 5.41) is 11.7. The second-order valence-electron chi connectivity index (χ2n) is 5.08. The molecule has 5 nitrogen and oxygen atoms in total. The van der Waals surface area contributed by atoms with Gasteiger partial charge in [-0.3, -0.25) is 9.59 Å². The molecule has 0 aliphatic heterocycles. The Morgan fingerprint density at radius 1 is 1.32 bits per heavy atom. The van der Waals surface area contributed by atoms with Crippen LogP contribution in [0.5, 0.6) is 0 Å². The summed E-state index contributed by atoms with van der Waals surface area (Å²) in [6, 6.07) is 8.31. The summed E-state index contributed by atoms with van der Waals surface area (Å²) in [7, 11) is 0. The largest absolute Gasteiger partial charge is 0.481 e. The van der Waals surface area contributed by atoms with E-state index in [-0.39, 0.29) is 12.3 Å². The average Bonchev–Trinajstić information content (AvgIpc) is 2.35. The molecule has 1 unspecified atom stereocenters. The number of carbonyl (C=O) groups excluding carboxylic acids is 1. The first kappa shape index (κ1) is 13.5. The zero-order valence-corrected chi connectivity index (χ0v) is 10.6. The molecule has 0 saturated heterocycles. The van der Waals surface area contributed by atoms with Gasteiger partial charge in [-0.2, -0.15) is 0 Å². The van der Waals surface area contributed by atoms with Gasteiger partial charge in [0.05, 0.1) is 12.0 Å². The number of amides is 1. The number of carboxylic acids is 1. The summed E-state index contributed by atoms with van der Waals surface area (Å²) in [5.41, 5.74) is 6.02. The molecular weight excluding hydrogens is 244 g/mol. The van der Waals surface area contributed by atoms with Crippen LogP contribution in [-0.2, 0) is 9.59 Å². The van der Waals surface area contributed by atoms with E-state index < -0.39 is 17.6 Å². The fraction of sp³-hybridized carbons (Fsp3) is 0.429. The molecule has 1 fully saturated rings. The highest BCUT2D eigenvalue weighted by Gasteiger charge is 2.41. The third kappa shape index (κ3) is 3.12. The van der Waals surface area contributed by atoms with Crippen molar-refractivity contribution in [3.05, 3.63) is 35.9 Å². The van der Waals surface area contributed by atoms with Gasteiger partial charge in [0.1, 0.15) is 6.04 Å². The Kier molecular flexibility index (Phi) is 3.85. The van der Waals surface area contributed by atoms with Gasteiger partial charge in [0.15, 0.2) is 0 Å². The molecule has 1 aromatic rings. The maximum Gasteiger partial charge on any atom is 0.305 e. The summed E-state index contributed by atoms with van der Waals surface area (Å²) >= 11 is 0. The SMILES string of the molecule is NC(C(=O)NC1(CC(=O)O)CCC1)c1ccccc1. The number of nitrogens with two attached hydrogens (primary N) is 1. The van der Waals surface area contributed by atoms with Gasteiger partial charge in [-0.15, -0.1) is 0 Å². The number of nitrogens with one attached hydrogen (secondary N) is 1. The van der Waals surface area contributed by atoms with Crippen molar-refractivity contribution in [3.63, 3.8) is 0 Å². The van der Waals surface area contributed by atoms with E-state index in [1.54, 1.807) is 12.1 Å². The number of rotatable bonds is 5. The van der Waals surface area contributed by atoms with Gasteiger partial charge in [0.25, 0.3) is 0 Å². The van der Waals surface area contributed by atoms with Crippen LogP contribution in [0.2, 0.25) is 0 Å². The van der Waals surface area contributed by atoms with Crippen LogP contribution in [0.25, 0.3) is 0 Å². The van der Waals surface area contributed by atoms with E-state index in [0.29, 0.717) is 12.8 Å². The van der Waals surface area contributed by atoms with Crippen LogP contribution in [0.4, 0.5) is 0 Å². The Labute approximate surface area is 111 Å². The highest BCUT2D eigenvalue weighted by atomic mass is 16.4. The van der Waals surface area contributed by atoms with Crippen molar-refractivity contribution in [2.75, 3.05) is 0 Å². The molecule has 1 atom stereocenters. The summed E-state index contributed by atoms with van der Waals surface area (Å²) in [4.78, 5) is 23.0. The monoisotopic (exact) mass is 262 g/mol. The van der Waals surface area contributed by atoms with Crippen molar-refractivity contribution in [1.82, 2.24) is 5.32 Å². The van der Waals surface area contributed by atoms with Crippen molar-refractivity contribution in [1.29, 1.82) is 0 Å². The van der Waals surface area contributed by atoms with Crippen LogP contribution in [-0.4, -0.2) is 22.5 Å². The zero-order valence-electron chi connectivity index (χ0n) is 10.6. The fourth-order valence-electron chi connectivity index (χ4n) is 2.39. The second kappa shape index (κ2) is 5.40. The predicted molar refractivity (Wildman–Crippen MR) is 70.3 cm³/mol. The molecule has 1 aromatic carbocycles. The van der Waals surface area contributed by atoms with E-state index in [4.69, 9.17) is 10.8 Å². The van der Waals surface area contributed by atoms with Gasteiger partial charge in [-0.05, 0) is 24.8 Å². The number of hydrogen-bond acceptors (Lipinski definition) is 3. The van der Waals surface area contributed by atoms with Gasteiger partial charge in [0.2, 0.25) is 5.91 Å². The van der Waals surface area contributed by atoms with Gasteiger partial charge < -0.3 is 16.2 Å². The lowest BCUT2D eigenvalue weighted by atomic mass is 9.74. The lowest BCUT2D eigenvalue weighted by molar-refractivity contribution is -0.140. The summed E-state index contributed by atoms with van der Waals surface area (Å²) in [5.74, 6) is -1.21. The third-order valence-corrected chi connectivity index (χ3v) is 3.63. The van der Waals surface area contributed by atoms with Crippen LogP contribution < -0.4 is 11.1 Å². The quantitative estimate of drug-likeness (QED) is 0.743. The van der Waals surface area contributed by atoms with Crippen LogP contribution in [0.3, 0.4) is 0 Å². The number of hydrogen-bond donors (Lipinski definition) is 3. The van der Waals surface area contributed by atoms with Crippen LogP contribution in [0, 0.1) is 0 Å². The number of carbonyl (C=O) groups is 2. The van der Waals surface area contributed by atoms with Gasteiger partial charge in [-0.25, -0.2) is 0 Å². The topological polar surface area (TPSA) is 92.4 Å². The molecule has 19 heavy (non-hydrogen) atoms. The molecule has 0 spiro atoms. The first-order valence-corrected chi connectivity index (χ1v) is 6.37. The minimum Gasteiger partial charge on any atom is -0.481 e. The van der Waals surface area contributed by atoms with E-state index >= 15 is 0 Å². The smallest absolute Gasteiger partial charge is 0.305 e. The maximum atomic E-state index is 12.1. The molecule has 1 aliphatic carbocycles. The van der Waals surface area contributed by atoms with Crippen molar-refractivity contribution in [2.24, 2.45) is 5.73 Å². The predicted octanol–water partition coefficient (Wildman–Crippen LogP) is 1.20. The molecule has 1 saturated carbocycles. The molecule has 5 heteroatoms.